The molecule has 8 nitrogen and oxygen atoms in total. The van der Waals surface area contributed by atoms with Gasteiger partial charge in [0.15, 0.2) is 5.78 Å². The molecule has 1 aromatic heterocycles. The molecule has 8 heteroatoms. The number of Topliss-reactive ketones (excluding diaryl/α,β-unsaturated/α-hetero) is 1. The summed E-state index contributed by atoms with van der Waals surface area (Å²) in [6, 6.07) is 24.5. The van der Waals surface area contributed by atoms with Crippen LogP contribution in [0.15, 0.2) is 78.9 Å². The van der Waals surface area contributed by atoms with Gasteiger partial charge in [-0.25, -0.2) is 9.59 Å². The van der Waals surface area contributed by atoms with Crippen molar-refractivity contribution < 1.29 is 24.2 Å². The summed E-state index contributed by atoms with van der Waals surface area (Å²) < 4.78 is 7.41. The highest BCUT2D eigenvalue weighted by atomic mass is 16.5. The van der Waals surface area contributed by atoms with Crippen molar-refractivity contribution in [2.24, 2.45) is 5.41 Å². The number of carboxylic acid groups (broad SMARTS) is 1. The average molecular weight is 564 g/mol. The predicted octanol–water partition coefficient (Wildman–Crippen LogP) is 5.62. The molecule has 0 spiro atoms. The molecule has 6 rings (SSSR count). The number of nitrogens with zero attached hydrogens (tertiary/aromatic N) is 2. The van der Waals surface area contributed by atoms with Crippen LogP contribution in [-0.2, 0) is 28.9 Å². The molecule has 0 unspecified atom stereocenters. The summed E-state index contributed by atoms with van der Waals surface area (Å²) in [7, 11) is 0. The molecule has 2 N–H and O–H groups in total. The third-order valence-corrected chi connectivity index (χ3v) is 8.20. The van der Waals surface area contributed by atoms with Crippen molar-refractivity contribution in [3.63, 3.8) is 0 Å². The van der Waals surface area contributed by atoms with Crippen LogP contribution in [0.5, 0.6) is 0 Å². The van der Waals surface area contributed by atoms with Crippen molar-refractivity contribution in [2.75, 3.05) is 6.61 Å². The lowest BCUT2D eigenvalue weighted by molar-refractivity contribution is -0.139. The number of alkyl carbamates (subject to hydrolysis) is 1. The second-order valence-corrected chi connectivity index (χ2v) is 11.9. The molecular formula is C34H33N3O5. The summed E-state index contributed by atoms with van der Waals surface area (Å²) >= 11 is 0. The van der Waals surface area contributed by atoms with E-state index in [2.05, 4.69) is 17.4 Å². The van der Waals surface area contributed by atoms with Gasteiger partial charge in [-0.1, -0.05) is 92.7 Å². The molecule has 0 saturated carbocycles. The molecule has 0 aliphatic heterocycles. The number of rotatable bonds is 8. The van der Waals surface area contributed by atoms with Crippen LogP contribution in [0.2, 0.25) is 0 Å². The van der Waals surface area contributed by atoms with Crippen molar-refractivity contribution in [2.45, 2.75) is 51.6 Å². The van der Waals surface area contributed by atoms with Crippen molar-refractivity contribution in [3.8, 4) is 11.1 Å². The lowest BCUT2D eigenvalue weighted by atomic mass is 9.75. The molecule has 1 amide bonds. The van der Waals surface area contributed by atoms with E-state index in [1.54, 1.807) is 0 Å². The minimum atomic E-state index is -1.31. The Labute approximate surface area is 244 Å². The van der Waals surface area contributed by atoms with Gasteiger partial charge in [-0.3, -0.25) is 9.48 Å². The average Bonchev–Trinajstić information content (AvgIpc) is 3.46. The number of ether oxygens (including phenoxy) is 1. The summed E-state index contributed by atoms with van der Waals surface area (Å²) in [5, 5.41) is 17.3. The zero-order valence-electron chi connectivity index (χ0n) is 23.7. The number of benzene rings is 3. The second-order valence-electron chi connectivity index (χ2n) is 11.9. The fourth-order valence-electron chi connectivity index (χ4n) is 6.30. The Balaban J connectivity index is 1.20. The van der Waals surface area contributed by atoms with Gasteiger partial charge in [-0.2, -0.15) is 5.10 Å². The van der Waals surface area contributed by atoms with Crippen molar-refractivity contribution in [3.05, 3.63) is 113 Å². The van der Waals surface area contributed by atoms with Gasteiger partial charge in [-0.05, 0) is 39.7 Å². The van der Waals surface area contributed by atoms with Gasteiger partial charge in [0.25, 0.3) is 0 Å². The van der Waals surface area contributed by atoms with Crippen LogP contribution in [0.1, 0.15) is 64.6 Å². The highest BCUT2D eigenvalue weighted by Gasteiger charge is 2.38. The fraction of sp³-hybridized carbons (Fsp3) is 0.294. The Morgan fingerprint density at radius 3 is 2.24 bits per heavy atom. The third-order valence-electron chi connectivity index (χ3n) is 8.20. The number of hydrogen-bond acceptors (Lipinski definition) is 5. The summed E-state index contributed by atoms with van der Waals surface area (Å²) in [6.45, 7) is 4.63. The van der Waals surface area contributed by atoms with Gasteiger partial charge in [0.05, 0.1) is 23.5 Å². The number of carboxylic acids is 1. The molecule has 1 heterocycles. The molecular weight excluding hydrogens is 530 g/mol. The number of carbonyl (C=O) groups excluding carboxylic acids is 2. The minimum Gasteiger partial charge on any atom is -0.480 e. The van der Waals surface area contributed by atoms with Gasteiger partial charge in [0.1, 0.15) is 12.6 Å². The van der Waals surface area contributed by atoms with Crippen LogP contribution in [0, 0.1) is 5.41 Å². The maximum atomic E-state index is 13.3. The van der Waals surface area contributed by atoms with E-state index >= 15 is 0 Å². The zero-order chi connectivity index (χ0) is 29.4. The van der Waals surface area contributed by atoms with Crippen LogP contribution in [0.4, 0.5) is 4.79 Å². The molecule has 42 heavy (non-hydrogen) atoms. The lowest BCUT2D eigenvalue weighted by Crippen LogP contribution is -2.43. The number of aliphatic carboxylic acids is 1. The minimum absolute atomic E-state index is 0.0548. The van der Waals surface area contributed by atoms with Crippen LogP contribution < -0.4 is 5.32 Å². The molecule has 0 fully saturated rings. The smallest absolute Gasteiger partial charge is 0.407 e. The Hall–Kier alpha value is -4.72. The van der Waals surface area contributed by atoms with E-state index in [9.17, 15) is 19.5 Å². The molecule has 4 aromatic rings. The molecule has 1 atom stereocenters. The SMILES string of the molecule is CC1(C)CC(=O)c2c(C[C@H](NC(=O)OCC3c4ccccc4-c4ccccc43)C(=O)O)nn(Cc3ccccc3)c2C1. The first-order valence-electron chi connectivity index (χ1n) is 14.2. The van der Waals surface area contributed by atoms with Crippen LogP contribution in [0.25, 0.3) is 11.1 Å². The molecule has 0 radical (unpaired) electrons. The second kappa shape index (κ2) is 10.9. The summed E-state index contributed by atoms with van der Waals surface area (Å²) in [5.41, 5.74) is 6.80. The van der Waals surface area contributed by atoms with Crippen LogP contribution >= 0.6 is 0 Å². The van der Waals surface area contributed by atoms with E-state index in [0.29, 0.717) is 30.6 Å². The van der Waals surface area contributed by atoms with E-state index in [4.69, 9.17) is 9.84 Å². The highest BCUT2D eigenvalue weighted by molar-refractivity contribution is 6.00. The normalized spacial score (nSPS) is 15.8. The fourth-order valence-corrected chi connectivity index (χ4v) is 6.30. The monoisotopic (exact) mass is 563 g/mol. The van der Waals surface area contributed by atoms with E-state index in [1.807, 2.05) is 85.3 Å². The number of carbonyl (C=O) groups is 3. The number of ketones is 1. The first-order chi connectivity index (χ1) is 20.2. The van der Waals surface area contributed by atoms with Crippen LogP contribution in [0.3, 0.4) is 0 Å². The number of nitrogens with one attached hydrogen (secondary N) is 1. The standard InChI is InChI=1S/C34H33N3O5/c1-34(2)17-29-31(30(38)18-34)27(36-37(29)19-21-10-4-3-5-11-21)16-28(32(39)40)35-33(41)42-20-26-24-14-8-6-12-22(24)23-13-7-9-15-25(23)26/h3-15,26,28H,16-20H2,1-2H3,(H,35,41)(H,39,40)/t28-/m0/s1. The number of fused-ring (bicyclic) bond motifs is 4. The van der Waals surface area contributed by atoms with Crippen molar-refractivity contribution >= 4 is 17.8 Å². The summed E-state index contributed by atoms with van der Waals surface area (Å²) in [4.78, 5) is 38.5. The summed E-state index contributed by atoms with van der Waals surface area (Å²) in [5.74, 6) is -1.42. The largest absolute Gasteiger partial charge is 0.480 e. The van der Waals surface area contributed by atoms with Crippen molar-refractivity contribution in [1.82, 2.24) is 15.1 Å². The molecule has 2 aliphatic carbocycles. The van der Waals surface area contributed by atoms with E-state index in [1.165, 1.54) is 0 Å². The predicted molar refractivity (Wildman–Crippen MR) is 158 cm³/mol. The quantitative estimate of drug-likeness (QED) is 0.288. The lowest BCUT2D eigenvalue weighted by Gasteiger charge is -2.29. The van der Waals surface area contributed by atoms with Gasteiger partial charge in [0.2, 0.25) is 0 Å². The molecule has 0 saturated heterocycles. The van der Waals surface area contributed by atoms with Gasteiger partial charge in [0, 0.05) is 18.8 Å². The van der Waals surface area contributed by atoms with E-state index in [0.717, 1.165) is 33.5 Å². The highest BCUT2D eigenvalue weighted by Crippen LogP contribution is 2.44. The van der Waals surface area contributed by atoms with Crippen LogP contribution in [-0.4, -0.2) is 45.4 Å². The maximum absolute atomic E-state index is 13.3. The number of aromatic nitrogens is 2. The Morgan fingerprint density at radius 2 is 1.60 bits per heavy atom. The van der Waals surface area contributed by atoms with Crippen molar-refractivity contribution in [1.29, 1.82) is 0 Å². The molecule has 214 valence electrons. The first-order valence-corrected chi connectivity index (χ1v) is 14.2. The van der Waals surface area contributed by atoms with E-state index in [-0.39, 0.29) is 30.1 Å². The Kier molecular flexibility index (Phi) is 7.14. The van der Waals surface area contributed by atoms with Gasteiger partial charge >= 0.3 is 12.1 Å². The molecule has 2 aliphatic rings. The Bertz CT molecular complexity index is 1630. The first kappa shape index (κ1) is 27.4. The van der Waals surface area contributed by atoms with Gasteiger partial charge < -0.3 is 15.2 Å². The van der Waals surface area contributed by atoms with E-state index < -0.39 is 18.1 Å². The summed E-state index contributed by atoms with van der Waals surface area (Å²) in [6.07, 6.45) is 0.0392. The molecule has 0 bridgehead atoms. The zero-order valence-corrected chi connectivity index (χ0v) is 23.7. The molecule has 3 aromatic carbocycles. The number of hydrogen-bond donors (Lipinski definition) is 2. The maximum Gasteiger partial charge on any atom is 0.407 e. The Morgan fingerprint density at radius 1 is 0.976 bits per heavy atom. The topological polar surface area (TPSA) is 111 Å². The third kappa shape index (κ3) is 5.32. The van der Waals surface area contributed by atoms with Gasteiger partial charge in [-0.15, -0.1) is 0 Å². The number of amides is 1.